The minimum atomic E-state index is 0.00694. The lowest BCUT2D eigenvalue weighted by molar-refractivity contribution is -0.118. The molecule has 1 aliphatic heterocycles. The smallest absolute Gasteiger partial charge is 0.107 e. The van der Waals surface area contributed by atoms with Crippen molar-refractivity contribution in [1.29, 1.82) is 0 Å². The van der Waals surface area contributed by atoms with Crippen molar-refractivity contribution in [2.24, 2.45) is 5.92 Å². The average molecular weight is 171 g/mol. The Bertz CT molecular complexity index is 145. The van der Waals surface area contributed by atoms with Crippen LogP contribution in [-0.4, -0.2) is 39.0 Å². The lowest BCUT2D eigenvalue weighted by Gasteiger charge is -2.37. The van der Waals surface area contributed by atoms with Gasteiger partial charge in [0.2, 0.25) is 0 Å². The Labute approximate surface area is 73.4 Å². The molecule has 12 heavy (non-hydrogen) atoms. The van der Waals surface area contributed by atoms with Gasteiger partial charge in [0.15, 0.2) is 0 Å². The highest BCUT2D eigenvalue weighted by molar-refractivity contribution is 4.99. The fraction of sp³-hybridized carbons (Fsp3) is 1.00. The normalized spacial score (nSPS) is 36.8. The molecule has 1 aliphatic carbocycles. The maximum Gasteiger partial charge on any atom is 0.107 e. The average Bonchev–Trinajstić information content (AvgIpc) is 2.89. The van der Waals surface area contributed by atoms with Crippen molar-refractivity contribution < 1.29 is 9.47 Å². The highest BCUT2D eigenvalue weighted by atomic mass is 16.5. The predicted octanol–water partition coefficient (Wildman–Crippen LogP) is 0.401. The molecule has 1 heterocycles. The van der Waals surface area contributed by atoms with Crippen LogP contribution in [-0.2, 0) is 9.47 Å². The maximum atomic E-state index is 5.84. The second-order valence-corrected chi connectivity index (χ2v) is 3.80. The van der Waals surface area contributed by atoms with Gasteiger partial charge in [-0.1, -0.05) is 0 Å². The quantitative estimate of drug-likeness (QED) is 0.667. The Morgan fingerprint density at radius 3 is 2.92 bits per heavy atom. The molecule has 1 unspecified atom stereocenters. The van der Waals surface area contributed by atoms with E-state index in [1.54, 1.807) is 7.11 Å². The van der Waals surface area contributed by atoms with Crippen molar-refractivity contribution >= 4 is 0 Å². The first-order valence-electron chi connectivity index (χ1n) is 4.71. The van der Waals surface area contributed by atoms with Crippen molar-refractivity contribution in [2.75, 3.05) is 33.4 Å². The van der Waals surface area contributed by atoms with E-state index in [0.29, 0.717) is 0 Å². The summed E-state index contributed by atoms with van der Waals surface area (Å²) in [6, 6.07) is 0. The number of rotatable bonds is 3. The number of hydrogen-bond acceptors (Lipinski definition) is 3. The first-order valence-corrected chi connectivity index (χ1v) is 4.71. The molecule has 2 rings (SSSR count). The molecule has 1 saturated carbocycles. The summed E-state index contributed by atoms with van der Waals surface area (Å²) in [7, 11) is 1.75. The van der Waals surface area contributed by atoms with E-state index in [1.165, 1.54) is 12.8 Å². The van der Waals surface area contributed by atoms with Gasteiger partial charge in [0, 0.05) is 20.2 Å². The molecular formula is C9H17NO2. The zero-order chi connectivity index (χ0) is 8.44. The summed E-state index contributed by atoms with van der Waals surface area (Å²) in [6.45, 7) is 3.52. The molecule has 3 nitrogen and oxygen atoms in total. The van der Waals surface area contributed by atoms with Crippen molar-refractivity contribution in [3.05, 3.63) is 0 Å². The lowest BCUT2D eigenvalue weighted by atomic mass is 9.97. The third-order valence-electron chi connectivity index (χ3n) is 2.80. The van der Waals surface area contributed by atoms with E-state index in [4.69, 9.17) is 9.47 Å². The van der Waals surface area contributed by atoms with Gasteiger partial charge in [-0.3, -0.25) is 0 Å². The Kier molecular flexibility index (Phi) is 2.35. The molecule has 1 atom stereocenters. The van der Waals surface area contributed by atoms with Crippen LogP contribution in [0.15, 0.2) is 0 Å². The molecule has 0 aromatic carbocycles. The van der Waals surface area contributed by atoms with E-state index in [1.807, 2.05) is 0 Å². The molecule has 0 spiro atoms. The van der Waals surface area contributed by atoms with E-state index < -0.39 is 0 Å². The summed E-state index contributed by atoms with van der Waals surface area (Å²) in [5.74, 6) is 0.741. The van der Waals surface area contributed by atoms with Crippen LogP contribution in [0.5, 0.6) is 0 Å². The van der Waals surface area contributed by atoms with E-state index in [2.05, 4.69) is 5.32 Å². The maximum absolute atomic E-state index is 5.84. The Balaban J connectivity index is 1.98. The van der Waals surface area contributed by atoms with Crippen molar-refractivity contribution in [2.45, 2.75) is 18.4 Å². The monoisotopic (exact) mass is 171 g/mol. The van der Waals surface area contributed by atoms with Gasteiger partial charge < -0.3 is 14.8 Å². The highest BCUT2D eigenvalue weighted by Crippen LogP contribution is 2.42. The Hall–Kier alpha value is -0.120. The summed E-state index contributed by atoms with van der Waals surface area (Å²) >= 11 is 0. The first kappa shape index (κ1) is 8.48. The molecule has 0 radical (unpaired) electrons. The summed E-state index contributed by atoms with van der Waals surface area (Å²) in [4.78, 5) is 0. The van der Waals surface area contributed by atoms with Gasteiger partial charge in [0.1, 0.15) is 5.60 Å². The zero-order valence-corrected chi connectivity index (χ0v) is 7.64. The second-order valence-electron chi connectivity index (χ2n) is 3.80. The van der Waals surface area contributed by atoms with Gasteiger partial charge in [-0.15, -0.1) is 0 Å². The number of morpholine rings is 1. The minimum Gasteiger partial charge on any atom is -0.382 e. The van der Waals surface area contributed by atoms with Crippen molar-refractivity contribution in [1.82, 2.24) is 5.32 Å². The predicted molar refractivity (Wildman–Crippen MR) is 46.2 cm³/mol. The fourth-order valence-corrected chi connectivity index (χ4v) is 2.00. The topological polar surface area (TPSA) is 30.5 Å². The molecular weight excluding hydrogens is 154 g/mol. The molecule has 0 aromatic heterocycles. The van der Waals surface area contributed by atoms with Crippen LogP contribution in [0.25, 0.3) is 0 Å². The molecule has 0 amide bonds. The molecule has 0 bridgehead atoms. The van der Waals surface area contributed by atoms with Crippen LogP contribution >= 0.6 is 0 Å². The van der Waals surface area contributed by atoms with E-state index >= 15 is 0 Å². The SMILES string of the molecule is COCC1(C2CC2)CNCCO1. The standard InChI is InChI=1S/C9H17NO2/c1-11-7-9(8-2-3-8)6-10-4-5-12-9/h8,10H,2-7H2,1H3. The van der Waals surface area contributed by atoms with Crippen molar-refractivity contribution in [3.8, 4) is 0 Å². The van der Waals surface area contributed by atoms with Crippen LogP contribution < -0.4 is 5.32 Å². The molecule has 70 valence electrons. The van der Waals surface area contributed by atoms with E-state index in [0.717, 1.165) is 32.2 Å². The molecule has 1 N–H and O–H groups in total. The molecule has 1 saturated heterocycles. The van der Waals surface area contributed by atoms with Gasteiger partial charge >= 0.3 is 0 Å². The number of ether oxygens (including phenoxy) is 2. The first-order chi connectivity index (χ1) is 5.87. The van der Waals surface area contributed by atoms with E-state index in [9.17, 15) is 0 Å². The lowest BCUT2D eigenvalue weighted by Crippen LogP contribution is -2.54. The minimum absolute atomic E-state index is 0.00694. The molecule has 3 heteroatoms. The van der Waals surface area contributed by atoms with Crippen LogP contribution in [0.1, 0.15) is 12.8 Å². The molecule has 2 aliphatic rings. The number of hydrogen-bond donors (Lipinski definition) is 1. The number of methoxy groups -OCH3 is 1. The fourth-order valence-electron chi connectivity index (χ4n) is 2.00. The largest absolute Gasteiger partial charge is 0.382 e. The molecule has 2 fully saturated rings. The van der Waals surface area contributed by atoms with Crippen LogP contribution in [0, 0.1) is 5.92 Å². The van der Waals surface area contributed by atoms with Gasteiger partial charge in [0.25, 0.3) is 0 Å². The van der Waals surface area contributed by atoms with Crippen LogP contribution in [0.2, 0.25) is 0 Å². The zero-order valence-electron chi connectivity index (χ0n) is 7.64. The van der Waals surface area contributed by atoms with Crippen LogP contribution in [0.4, 0.5) is 0 Å². The Morgan fingerprint density at radius 2 is 2.42 bits per heavy atom. The summed E-state index contributed by atoms with van der Waals surface area (Å²) in [5, 5.41) is 3.38. The van der Waals surface area contributed by atoms with Gasteiger partial charge in [-0.05, 0) is 18.8 Å². The van der Waals surface area contributed by atoms with Gasteiger partial charge in [-0.25, -0.2) is 0 Å². The third kappa shape index (κ3) is 1.49. The highest BCUT2D eigenvalue weighted by Gasteiger charge is 2.47. The molecule has 0 aromatic rings. The van der Waals surface area contributed by atoms with Gasteiger partial charge in [-0.2, -0.15) is 0 Å². The number of nitrogens with one attached hydrogen (secondary N) is 1. The Morgan fingerprint density at radius 1 is 1.58 bits per heavy atom. The summed E-state index contributed by atoms with van der Waals surface area (Å²) < 4.78 is 11.1. The second kappa shape index (κ2) is 3.32. The van der Waals surface area contributed by atoms with Gasteiger partial charge in [0.05, 0.1) is 13.2 Å². The summed E-state index contributed by atoms with van der Waals surface area (Å²) in [5.41, 5.74) is 0.00694. The van der Waals surface area contributed by atoms with Crippen LogP contribution in [0.3, 0.4) is 0 Å². The third-order valence-corrected chi connectivity index (χ3v) is 2.80. The van der Waals surface area contributed by atoms with Crippen molar-refractivity contribution in [3.63, 3.8) is 0 Å². The summed E-state index contributed by atoms with van der Waals surface area (Å²) in [6.07, 6.45) is 2.62. The van der Waals surface area contributed by atoms with E-state index in [-0.39, 0.29) is 5.60 Å².